The fourth-order valence-electron chi connectivity index (χ4n) is 2.60. The first-order valence-corrected chi connectivity index (χ1v) is 10.1. The minimum absolute atomic E-state index is 0.0969. The zero-order chi connectivity index (χ0) is 21.8. The fourth-order valence-corrected chi connectivity index (χ4v) is 2.60. The van der Waals surface area contributed by atoms with E-state index in [0.29, 0.717) is 36.9 Å². The summed E-state index contributed by atoms with van der Waals surface area (Å²) in [6.45, 7) is 5.94. The summed E-state index contributed by atoms with van der Waals surface area (Å²) in [6.07, 6.45) is 0.990. The molecule has 30 heavy (non-hydrogen) atoms. The monoisotopic (exact) mass is 413 g/mol. The molecule has 162 valence electrons. The van der Waals surface area contributed by atoms with E-state index < -0.39 is 0 Å². The molecule has 3 N–H and O–H groups in total. The van der Waals surface area contributed by atoms with Crippen LogP contribution < -0.4 is 20.7 Å². The molecule has 0 aromatic heterocycles. The molecule has 0 spiro atoms. The second kappa shape index (κ2) is 12.5. The first-order valence-electron chi connectivity index (χ1n) is 10.1. The smallest absolute Gasteiger partial charge is 0.251 e. The Labute approximate surface area is 178 Å². The lowest BCUT2D eigenvalue weighted by molar-refractivity contribution is -0.114. The van der Waals surface area contributed by atoms with Crippen molar-refractivity contribution < 1.29 is 19.1 Å². The average molecular weight is 414 g/mol. The average Bonchev–Trinajstić information content (AvgIpc) is 2.72. The van der Waals surface area contributed by atoms with Crippen LogP contribution in [-0.4, -0.2) is 45.2 Å². The topological polar surface area (TPSA) is 88.7 Å². The number of nitrogens with one attached hydrogen (secondary N) is 3. The number of anilines is 2. The second-order valence-corrected chi connectivity index (χ2v) is 7.29. The van der Waals surface area contributed by atoms with E-state index in [2.05, 4.69) is 29.8 Å². The van der Waals surface area contributed by atoms with Crippen molar-refractivity contribution in [3.63, 3.8) is 0 Å². The zero-order valence-electron chi connectivity index (χ0n) is 17.9. The van der Waals surface area contributed by atoms with Crippen molar-refractivity contribution in [3.05, 3.63) is 54.1 Å². The molecule has 2 aromatic carbocycles. The molecule has 2 aromatic rings. The maximum atomic E-state index is 12.3. The van der Waals surface area contributed by atoms with Gasteiger partial charge in [0, 0.05) is 36.7 Å². The number of hydrogen-bond acceptors (Lipinski definition) is 5. The van der Waals surface area contributed by atoms with Crippen LogP contribution in [0.4, 0.5) is 11.4 Å². The molecule has 2 rings (SSSR count). The molecule has 0 unspecified atom stereocenters. The molecule has 0 saturated carbocycles. The van der Waals surface area contributed by atoms with Crippen LogP contribution in [0.3, 0.4) is 0 Å². The minimum atomic E-state index is -0.212. The lowest BCUT2D eigenvalue weighted by Crippen LogP contribution is -2.27. The highest BCUT2D eigenvalue weighted by Gasteiger charge is 2.08. The molecule has 0 saturated heterocycles. The van der Waals surface area contributed by atoms with Crippen LogP contribution in [0.5, 0.6) is 5.75 Å². The van der Waals surface area contributed by atoms with Crippen molar-refractivity contribution in [2.75, 3.05) is 44.0 Å². The van der Waals surface area contributed by atoms with E-state index in [4.69, 9.17) is 9.47 Å². The predicted octanol–water partition coefficient (Wildman–Crippen LogP) is 3.54. The Morgan fingerprint density at radius 2 is 1.77 bits per heavy atom. The van der Waals surface area contributed by atoms with Crippen molar-refractivity contribution in [1.82, 2.24) is 5.32 Å². The van der Waals surface area contributed by atoms with Gasteiger partial charge in [-0.3, -0.25) is 9.59 Å². The summed E-state index contributed by atoms with van der Waals surface area (Å²) in [7, 11) is 1.58. The summed E-state index contributed by atoms with van der Waals surface area (Å²) < 4.78 is 10.7. The van der Waals surface area contributed by atoms with E-state index >= 15 is 0 Å². The van der Waals surface area contributed by atoms with Gasteiger partial charge in [0.25, 0.3) is 5.91 Å². The van der Waals surface area contributed by atoms with E-state index in [-0.39, 0.29) is 18.4 Å². The van der Waals surface area contributed by atoms with Gasteiger partial charge in [0.05, 0.1) is 19.8 Å². The summed E-state index contributed by atoms with van der Waals surface area (Å²) >= 11 is 0. The molecule has 7 nitrogen and oxygen atoms in total. The van der Waals surface area contributed by atoms with Gasteiger partial charge in [-0.2, -0.15) is 0 Å². The molecular weight excluding hydrogens is 382 g/mol. The molecule has 0 radical (unpaired) electrons. The van der Waals surface area contributed by atoms with Crippen LogP contribution >= 0.6 is 0 Å². The maximum Gasteiger partial charge on any atom is 0.251 e. The van der Waals surface area contributed by atoms with Crippen molar-refractivity contribution in [2.45, 2.75) is 20.3 Å². The van der Waals surface area contributed by atoms with Gasteiger partial charge in [-0.05, 0) is 42.7 Å². The van der Waals surface area contributed by atoms with Gasteiger partial charge < -0.3 is 25.4 Å². The molecule has 0 aliphatic rings. The highest BCUT2D eigenvalue weighted by molar-refractivity contribution is 5.98. The Morgan fingerprint density at radius 1 is 1.00 bits per heavy atom. The molecule has 0 aliphatic carbocycles. The standard InChI is InChI=1S/C23H31N3O4/c1-17(2)10-12-30-21-9-5-7-19(15-21)25-16-22(27)26-20-8-4-6-18(14-20)23(28)24-11-13-29-3/h4-9,14-15,17,25H,10-13,16H2,1-3H3,(H,24,28)(H,26,27). The number of carbonyl (C=O) groups is 2. The lowest BCUT2D eigenvalue weighted by atomic mass is 10.1. The van der Waals surface area contributed by atoms with Gasteiger partial charge in [0.1, 0.15) is 5.75 Å². The van der Waals surface area contributed by atoms with E-state index in [9.17, 15) is 9.59 Å². The first kappa shape index (κ1) is 23.2. The van der Waals surface area contributed by atoms with E-state index in [0.717, 1.165) is 17.9 Å². The van der Waals surface area contributed by atoms with Crippen LogP contribution in [-0.2, 0) is 9.53 Å². The Hall–Kier alpha value is -3.06. The zero-order valence-corrected chi connectivity index (χ0v) is 17.9. The Balaban J connectivity index is 1.83. The molecular formula is C23H31N3O4. The van der Waals surface area contributed by atoms with Gasteiger partial charge in [-0.1, -0.05) is 26.0 Å². The lowest BCUT2D eigenvalue weighted by Gasteiger charge is -2.11. The number of carbonyl (C=O) groups excluding carboxylic acids is 2. The quantitative estimate of drug-likeness (QED) is 0.463. The van der Waals surface area contributed by atoms with Crippen molar-refractivity contribution >= 4 is 23.2 Å². The number of rotatable bonds is 12. The van der Waals surface area contributed by atoms with Gasteiger partial charge in [0.15, 0.2) is 0 Å². The van der Waals surface area contributed by atoms with Crippen molar-refractivity contribution in [1.29, 1.82) is 0 Å². The summed E-state index contributed by atoms with van der Waals surface area (Å²) in [5.74, 6) is 0.937. The number of hydrogen-bond donors (Lipinski definition) is 3. The van der Waals surface area contributed by atoms with Gasteiger partial charge >= 0.3 is 0 Å². The van der Waals surface area contributed by atoms with Crippen molar-refractivity contribution in [3.8, 4) is 5.75 Å². The number of ether oxygens (including phenoxy) is 2. The maximum absolute atomic E-state index is 12.3. The largest absolute Gasteiger partial charge is 0.494 e. The molecule has 7 heteroatoms. The van der Waals surface area contributed by atoms with Crippen molar-refractivity contribution in [2.24, 2.45) is 5.92 Å². The molecule has 0 aliphatic heterocycles. The summed E-state index contributed by atoms with van der Waals surface area (Å²) in [5, 5.41) is 8.64. The first-order chi connectivity index (χ1) is 14.5. The van der Waals surface area contributed by atoms with E-state index in [1.807, 2.05) is 24.3 Å². The summed E-state index contributed by atoms with van der Waals surface area (Å²) in [6, 6.07) is 14.3. The number of benzene rings is 2. The molecule has 0 heterocycles. The highest BCUT2D eigenvalue weighted by Crippen LogP contribution is 2.18. The van der Waals surface area contributed by atoms with E-state index in [1.165, 1.54) is 0 Å². The minimum Gasteiger partial charge on any atom is -0.494 e. The normalized spacial score (nSPS) is 10.5. The molecule has 0 atom stereocenters. The Kier molecular flexibility index (Phi) is 9.67. The van der Waals surface area contributed by atoms with Crippen LogP contribution in [0.2, 0.25) is 0 Å². The third-order valence-electron chi connectivity index (χ3n) is 4.25. The highest BCUT2D eigenvalue weighted by atomic mass is 16.5. The molecule has 0 bridgehead atoms. The van der Waals surface area contributed by atoms with Gasteiger partial charge in [0.2, 0.25) is 5.91 Å². The fraction of sp³-hybridized carbons (Fsp3) is 0.391. The third-order valence-corrected chi connectivity index (χ3v) is 4.25. The predicted molar refractivity (Wildman–Crippen MR) is 119 cm³/mol. The molecule has 2 amide bonds. The Morgan fingerprint density at radius 3 is 2.53 bits per heavy atom. The molecule has 0 fully saturated rings. The second-order valence-electron chi connectivity index (χ2n) is 7.29. The SMILES string of the molecule is COCCNC(=O)c1cccc(NC(=O)CNc2cccc(OCCC(C)C)c2)c1. The number of amides is 2. The van der Waals surface area contributed by atoms with Crippen LogP contribution in [0.15, 0.2) is 48.5 Å². The number of methoxy groups -OCH3 is 1. The van der Waals surface area contributed by atoms with Crippen LogP contribution in [0.25, 0.3) is 0 Å². The van der Waals surface area contributed by atoms with Crippen LogP contribution in [0, 0.1) is 5.92 Å². The summed E-state index contributed by atoms with van der Waals surface area (Å²) in [5.41, 5.74) is 1.84. The van der Waals surface area contributed by atoms with Gasteiger partial charge in [-0.25, -0.2) is 0 Å². The van der Waals surface area contributed by atoms with Gasteiger partial charge in [-0.15, -0.1) is 0 Å². The summed E-state index contributed by atoms with van der Waals surface area (Å²) in [4.78, 5) is 24.4. The van der Waals surface area contributed by atoms with Crippen LogP contribution in [0.1, 0.15) is 30.6 Å². The third kappa shape index (κ3) is 8.53. The Bertz CT molecular complexity index is 824. The van der Waals surface area contributed by atoms with E-state index in [1.54, 1.807) is 31.4 Å².